The van der Waals surface area contributed by atoms with Crippen LogP contribution in [0.25, 0.3) is 0 Å². The number of nitrogens with one attached hydrogen (secondary N) is 2. The van der Waals surface area contributed by atoms with E-state index >= 15 is 0 Å². The highest BCUT2D eigenvalue weighted by atomic mass is 32.2. The second-order valence-corrected chi connectivity index (χ2v) is 7.17. The predicted molar refractivity (Wildman–Crippen MR) is 76.4 cm³/mol. The van der Waals surface area contributed by atoms with Crippen molar-refractivity contribution in [3.63, 3.8) is 0 Å². The van der Waals surface area contributed by atoms with Crippen LogP contribution < -0.4 is 9.44 Å². The Hall–Kier alpha value is -1.44. The van der Waals surface area contributed by atoms with E-state index < -0.39 is 27.3 Å². The zero-order valence-corrected chi connectivity index (χ0v) is 12.8. The van der Waals surface area contributed by atoms with Gasteiger partial charge in [0.1, 0.15) is 0 Å². The van der Waals surface area contributed by atoms with Crippen molar-refractivity contribution in [2.75, 3.05) is 0 Å². The summed E-state index contributed by atoms with van der Waals surface area (Å²) in [5.41, 5.74) is -2.09. The van der Waals surface area contributed by atoms with Crippen LogP contribution in [-0.2, 0) is 20.5 Å². The zero-order chi connectivity index (χ0) is 15.6. The van der Waals surface area contributed by atoms with Crippen LogP contribution in [0, 0.1) is 0 Å². The van der Waals surface area contributed by atoms with E-state index in [-0.39, 0.29) is 0 Å². The van der Waals surface area contributed by atoms with Crippen LogP contribution in [0.15, 0.2) is 30.3 Å². The molecule has 20 heavy (non-hydrogen) atoms. The van der Waals surface area contributed by atoms with Gasteiger partial charge in [0.05, 0.1) is 0 Å². The maximum Gasteiger partial charge on any atom is 0.329 e. The second-order valence-electron chi connectivity index (χ2n) is 5.75. The molecule has 1 atom stereocenters. The highest BCUT2D eigenvalue weighted by Gasteiger charge is 2.40. The topological polar surface area (TPSA) is 95.5 Å². The van der Waals surface area contributed by atoms with Crippen molar-refractivity contribution in [3.05, 3.63) is 35.9 Å². The third-order valence-corrected chi connectivity index (χ3v) is 4.12. The molecule has 0 fully saturated rings. The van der Waals surface area contributed by atoms with Gasteiger partial charge in [-0.15, -0.1) is 0 Å². The van der Waals surface area contributed by atoms with E-state index in [0.29, 0.717) is 5.56 Å². The molecule has 112 valence electrons. The lowest BCUT2D eigenvalue weighted by Gasteiger charge is -2.29. The Morgan fingerprint density at radius 3 is 1.95 bits per heavy atom. The summed E-state index contributed by atoms with van der Waals surface area (Å²) >= 11 is 0. The molecule has 1 aromatic rings. The van der Waals surface area contributed by atoms with Crippen molar-refractivity contribution in [2.24, 2.45) is 0 Å². The molecule has 0 aliphatic rings. The lowest BCUT2D eigenvalue weighted by atomic mass is 9.94. The smallest absolute Gasteiger partial charge is 0.329 e. The molecule has 0 amide bonds. The zero-order valence-electron chi connectivity index (χ0n) is 12.0. The van der Waals surface area contributed by atoms with Gasteiger partial charge in [0, 0.05) is 5.54 Å². The van der Waals surface area contributed by atoms with Gasteiger partial charge in [0.15, 0.2) is 5.54 Å². The summed E-state index contributed by atoms with van der Waals surface area (Å²) in [5, 5.41) is 9.39. The summed E-state index contributed by atoms with van der Waals surface area (Å²) in [6, 6.07) is 8.17. The number of rotatable bonds is 5. The Kier molecular flexibility index (Phi) is 4.58. The molecule has 0 bridgehead atoms. The molecule has 0 saturated carbocycles. The molecule has 0 saturated heterocycles. The number of hydrogen-bond acceptors (Lipinski definition) is 3. The van der Waals surface area contributed by atoms with Gasteiger partial charge in [-0.2, -0.15) is 17.9 Å². The quantitative estimate of drug-likeness (QED) is 0.761. The second kappa shape index (κ2) is 5.51. The lowest BCUT2D eigenvalue weighted by Crippen LogP contribution is -2.56. The van der Waals surface area contributed by atoms with Crippen LogP contribution in [0.1, 0.15) is 33.3 Å². The van der Waals surface area contributed by atoms with Gasteiger partial charge in [-0.05, 0) is 33.3 Å². The van der Waals surface area contributed by atoms with Crippen molar-refractivity contribution < 1.29 is 18.3 Å². The fraction of sp³-hybridized carbons (Fsp3) is 0.462. The van der Waals surface area contributed by atoms with Crippen molar-refractivity contribution >= 4 is 16.2 Å². The molecule has 0 aliphatic carbocycles. The first-order chi connectivity index (χ1) is 8.96. The third kappa shape index (κ3) is 4.29. The molecule has 0 spiro atoms. The van der Waals surface area contributed by atoms with Crippen LogP contribution in [0.4, 0.5) is 0 Å². The molecule has 1 aromatic carbocycles. The molecule has 0 aliphatic heterocycles. The molecule has 0 radical (unpaired) electrons. The van der Waals surface area contributed by atoms with Crippen LogP contribution in [0.3, 0.4) is 0 Å². The average Bonchev–Trinajstić information content (AvgIpc) is 2.25. The van der Waals surface area contributed by atoms with Crippen molar-refractivity contribution in [1.82, 2.24) is 9.44 Å². The molecular weight excluding hydrogens is 280 g/mol. The van der Waals surface area contributed by atoms with Crippen LogP contribution in [0.2, 0.25) is 0 Å². The molecule has 0 heterocycles. The van der Waals surface area contributed by atoms with Gasteiger partial charge in [-0.25, -0.2) is 4.79 Å². The first-order valence-corrected chi connectivity index (χ1v) is 7.56. The number of carbonyl (C=O) groups is 1. The lowest BCUT2D eigenvalue weighted by molar-refractivity contribution is -0.143. The first kappa shape index (κ1) is 16.6. The van der Waals surface area contributed by atoms with E-state index in [2.05, 4.69) is 9.44 Å². The summed E-state index contributed by atoms with van der Waals surface area (Å²) in [7, 11) is -3.97. The van der Waals surface area contributed by atoms with Crippen molar-refractivity contribution in [2.45, 2.75) is 38.8 Å². The Bertz CT molecular complexity index is 578. The van der Waals surface area contributed by atoms with Gasteiger partial charge < -0.3 is 5.11 Å². The predicted octanol–water partition coefficient (Wildman–Crippen LogP) is 1.21. The van der Waals surface area contributed by atoms with Gasteiger partial charge in [-0.3, -0.25) is 0 Å². The average molecular weight is 300 g/mol. The summed E-state index contributed by atoms with van der Waals surface area (Å²) in [6.07, 6.45) is 0. The number of aliphatic carboxylic acids is 1. The molecule has 7 heteroatoms. The molecule has 1 rings (SSSR count). The monoisotopic (exact) mass is 300 g/mol. The van der Waals surface area contributed by atoms with Gasteiger partial charge in [-0.1, -0.05) is 30.3 Å². The standard InChI is InChI=1S/C13H20N2O4S/c1-12(2,3)14-20(18,19)15-13(4,11(16)17)10-8-6-5-7-9-10/h5-9,14-15H,1-4H3,(H,16,17). The highest BCUT2D eigenvalue weighted by Crippen LogP contribution is 2.22. The minimum atomic E-state index is -3.97. The van der Waals surface area contributed by atoms with Gasteiger partial charge in [0.25, 0.3) is 10.2 Å². The maximum atomic E-state index is 12.1. The molecular formula is C13H20N2O4S. The minimum Gasteiger partial charge on any atom is -0.480 e. The Morgan fingerprint density at radius 2 is 1.55 bits per heavy atom. The molecule has 3 N–H and O–H groups in total. The fourth-order valence-electron chi connectivity index (χ4n) is 1.69. The van der Waals surface area contributed by atoms with E-state index in [0.717, 1.165) is 0 Å². The van der Waals surface area contributed by atoms with E-state index in [1.54, 1.807) is 51.1 Å². The van der Waals surface area contributed by atoms with E-state index in [9.17, 15) is 18.3 Å². The van der Waals surface area contributed by atoms with Crippen LogP contribution in [0.5, 0.6) is 0 Å². The number of carboxylic acids is 1. The first-order valence-electron chi connectivity index (χ1n) is 6.08. The SMILES string of the molecule is CC(C)(C)NS(=O)(=O)NC(C)(C(=O)O)c1ccccc1. The molecule has 6 nitrogen and oxygen atoms in total. The third-order valence-electron chi connectivity index (χ3n) is 2.56. The summed E-state index contributed by atoms with van der Waals surface area (Å²) in [4.78, 5) is 11.5. The summed E-state index contributed by atoms with van der Waals surface area (Å²) in [6.45, 7) is 6.33. The van der Waals surface area contributed by atoms with Crippen LogP contribution >= 0.6 is 0 Å². The Morgan fingerprint density at radius 1 is 1.05 bits per heavy atom. The number of hydrogen-bond donors (Lipinski definition) is 3. The van der Waals surface area contributed by atoms with Crippen molar-refractivity contribution in [1.29, 1.82) is 0 Å². The van der Waals surface area contributed by atoms with E-state index in [1.807, 2.05) is 0 Å². The largest absolute Gasteiger partial charge is 0.480 e. The van der Waals surface area contributed by atoms with Crippen molar-refractivity contribution in [3.8, 4) is 0 Å². The molecule has 0 aromatic heterocycles. The van der Waals surface area contributed by atoms with Gasteiger partial charge in [0.2, 0.25) is 0 Å². The van der Waals surface area contributed by atoms with Crippen LogP contribution in [-0.4, -0.2) is 25.0 Å². The van der Waals surface area contributed by atoms with E-state index in [1.165, 1.54) is 6.92 Å². The van der Waals surface area contributed by atoms with Gasteiger partial charge >= 0.3 is 5.97 Å². The Balaban J connectivity index is 3.15. The fourth-order valence-corrected chi connectivity index (χ4v) is 3.29. The number of carboxylic acid groups (broad SMARTS) is 1. The summed E-state index contributed by atoms with van der Waals surface area (Å²) < 4.78 is 28.7. The van der Waals surface area contributed by atoms with E-state index in [4.69, 9.17) is 0 Å². The summed E-state index contributed by atoms with van der Waals surface area (Å²) in [5.74, 6) is -1.28. The maximum absolute atomic E-state index is 12.1. The highest BCUT2D eigenvalue weighted by molar-refractivity contribution is 7.87. The molecule has 1 unspecified atom stereocenters. The number of benzene rings is 1. The normalized spacial score (nSPS) is 15.6. The minimum absolute atomic E-state index is 0.354. The Labute approximate surface area is 119 Å².